The van der Waals surface area contributed by atoms with Crippen molar-refractivity contribution in [1.82, 2.24) is 10.8 Å². The molecule has 10 nitrogen and oxygen atoms in total. The summed E-state index contributed by atoms with van der Waals surface area (Å²) in [7, 11) is 0. The van der Waals surface area contributed by atoms with Gasteiger partial charge >= 0.3 is 6.09 Å². The number of hydroxylamine groups is 1. The summed E-state index contributed by atoms with van der Waals surface area (Å²) < 4.78 is 16.5. The normalized spacial score (nSPS) is 20.3. The van der Waals surface area contributed by atoms with Gasteiger partial charge in [0.2, 0.25) is 5.91 Å². The lowest BCUT2D eigenvalue weighted by molar-refractivity contribution is -0.200. The molecular weight excluding hydrogens is 663 g/mol. The molecule has 4 N–H and O–H groups in total. The number of anilines is 1. The van der Waals surface area contributed by atoms with Crippen LogP contribution in [0.3, 0.4) is 0 Å². The minimum atomic E-state index is -1.03. The second-order valence-electron chi connectivity index (χ2n) is 13.4. The summed E-state index contributed by atoms with van der Waals surface area (Å²) in [6, 6.07) is 18.0. The van der Waals surface area contributed by atoms with E-state index in [-0.39, 0.29) is 36.9 Å². The van der Waals surface area contributed by atoms with Crippen LogP contribution < -0.4 is 16.5 Å². The third-order valence-corrected chi connectivity index (χ3v) is 11.4. The topological polar surface area (TPSA) is 138 Å². The number of amides is 2. The largest absolute Gasteiger partial charge is 0.444 e. The molecule has 0 saturated carbocycles. The van der Waals surface area contributed by atoms with Crippen molar-refractivity contribution in [3.8, 4) is 10.4 Å². The number of ketones is 1. The second kappa shape index (κ2) is 17.0. The Morgan fingerprint density at radius 3 is 2.55 bits per heavy atom. The van der Waals surface area contributed by atoms with Gasteiger partial charge in [0, 0.05) is 40.3 Å². The Morgan fingerprint density at radius 2 is 1.84 bits per heavy atom. The van der Waals surface area contributed by atoms with Crippen molar-refractivity contribution in [3.63, 3.8) is 0 Å². The highest BCUT2D eigenvalue weighted by molar-refractivity contribution is 8.00. The van der Waals surface area contributed by atoms with Gasteiger partial charge in [0.15, 0.2) is 12.1 Å². The first-order chi connectivity index (χ1) is 23.5. The molecule has 5 rings (SSSR count). The summed E-state index contributed by atoms with van der Waals surface area (Å²) in [5.41, 5.74) is 10.9. The number of rotatable bonds is 13. The zero-order valence-corrected chi connectivity index (χ0v) is 30.1. The lowest BCUT2D eigenvalue weighted by Gasteiger charge is -2.35. The van der Waals surface area contributed by atoms with Gasteiger partial charge in [-0.25, -0.2) is 15.1 Å². The molecule has 0 aliphatic carbocycles. The molecule has 3 atom stereocenters. The number of para-hydroxylation sites is 1. The number of nitrogens with one attached hydrogen (secondary N) is 2. The molecule has 2 aliphatic heterocycles. The highest BCUT2D eigenvalue weighted by Gasteiger charge is 2.39. The van der Waals surface area contributed by atoms with E-state index in [0.29, 0.717) is 17.9 Å². The van der Waals surface area contributed by atoms with Crippen LogP contribution >= 0.6 is 23.1 Å². The molecule has 1 unspecified atom stereocenters. The molecule has 2 fully saturated rings. The number of thiophene rings is 1. The van der Waals surface area contributed by atoms with E-state index >= 15 is 0 Å². The molecule has 12 heteroatoms. The third kappa shape index (κ3) is 10.3. The molecule has 1 aromatic heterocycles. The SMILES string of the molecule is CC(C)(C)OC(=O)N[C@H](COCc1ccccc1)C(=O)c1cccc(-c2ccc([C@@]3(CC(=O)NOC4CCCCO4)CCCCS3)s2)c1N. The Bertz CT molecular complexity index is 1560. The van der Waals surface area contributed by atoms with Crippen molar-refractivity contribution < 1.29 is 33.4 Å². The molecule has 49 heavy (non-hydrogen) atoms. The highest BCUT2D eigenvalue weighted by atomic mass is 32.2. The summed E-state index contributed by atoms with van der Waals surface area (Å²) in [5.74, 6) is 0.397. The number of benzene rings is 2. The molecular formula is C37H47N3O7S2. The number of thioether (sulfide) groups is 1. The van der Waals surface area contributed by atoms with Crippen LogP contribution in [0.15, 0.2) is 60.7 Å². The Kier molecular flexibility index (Phi) is 12.8. The maximum Gasteiger partial charge on any atom is 0.408 e. The van der Waals surface area contributed by atoms with Crippen LogP contribution in [0.1, 0.15) is 86.5 Å². The first-order valence-corrected chi connectivity index (χ1v) is 18.7. The zero-order valence-electron chi connectivity index (χ0n) is 28.5. The number of carbonyl (C=O) groups is 3. The van der Waals surface area contributed by atoms with Crippen LogP contribution in [0, 0.1) is 0 Å². The van der Waals surface area contributed by atoms with Gasteiger partial charge in [-0.2, -0.15) is 0 Å². The van der Waals surface area contributed by atoms with Crippen LogP contribution in [0.2, 0.25) is 0 Å². The predicted octanol–water partition coefficient (Wildman–Crippen LogP) is 7.37. The molecule has 0 radical (unpaired) electrons. The average Bonchev–Trinajstić information content (AvgIpc) is 3.58. The summed E-state index contributed by atoms with van der Waals surface area (Å²) in [6.45, 7) is 6.11. The second-order valence-corrected chi connectivity index (χ2v) is 16.0. The molecule has 0 bridgehead atoms. The van der Waals surface area contributed by atoms with E-state index in [1.54, 1.807) is 56.0 Å². The molecule has 2 saturated heterocycles. The maximum absolute atomic E-state index is 14.0. The van der Waals surface area contributed by atoms with Gasteiger partial charge in [0.1, 0.15) is 11.6 Å². The molecule has 264 valence electrons. The molecule has 2 aliphatic rings. The summed E-state index contributed by atoms with van der Waals surface area (Å²) in [4.78, 5) is 47.5. The minimum absolute atomic E-state index is 0.0712. The predicted molar refractivity (Wildman–Crippen MR) is 193 cm³/mol. The highest BCUT2D eigenvalue weighted by Crippen LogP contribution is 2.51. The van der Waals surface area contributed by atoms with Gasteiger partial charge in [-0.15, -0.1) is 23.1 Å². The molecule has 2 amide bonds. The van der Waals surface area contributed by atoms with E-state index in [4.69, 9.17) is 24.8 Å². The Morgan fingerprint density at radius 1 is 1.02 bits per heavy atom. The number of Topliss-reactive ketones (excluding diaryl/α,β-unsaturated/α-hetero) is 1. The maximum atomic E-state index is 14.0. The fraction of sp³-hybridized carbons (Fsp3) is 0.486. The van der Waals surface area contributed by atoms with E-state index in [9.17, 15) is 14.4 Å². The van der Waals surface area contributed by atoms with Crippen molar-refractivity contribution in [3.05, 3.63) is 76.7 Å². The van der Waals surface area contributed by atoms with Crippen molar-refractivity contribution >= 4 is 46.6 Å². The lowest BCUT2D eigenvalue weighted by Crippen LogP contribution is -2.46. The fourth-order valence-electron chi connectivity index (χ4n) is 5.92. The smallest absolute Gasteiger partial charge is 0.408 e. The third-order valence-electron chi connectivity index (χ3n) is 8.34. The van der Waals surface area contributed by atoms with Crippen LogP contribution in [0.4, 0.5) is 10.5 Å². The van der Waals surface area contributed by atoms with Gasteiger partial charge in [-0.3, -0.25) is 9.59 Å². The van der Waals surface area contributed by atoms with Crippen molar-refractivity contribution in [2.75, 3.05) is 24.7 Å². The Labute approximate surface area is 296 Å². The van der Waals surface area contributed by atoms with Crippen LogP contribution in [-0.4, -0.2) is 54.7 Å². The van der Waals surface area contributed by atoms with E-state index < -0.39 is 28.8 Å². The van der Waals surface area contributed by atoms with Crippen molar-refractivity contribution in [2.45, 2.75) is 95.0 Å². The number of ether oxygens (including phenoxy) is 3. The fourth-order valence-corrected chi connectivity index (χ4v) is 8.85. The average molecular weight is 710 g/mol. The summed E-state index contributed by atoms with van der Waals surface area (Å²) in [5, 5.41) is 2.70. The minimum Gasteiger partial charge on any atom is -0.444 e. The van der Waals surface area contributed by atoms with E-state index in [1.807, 2.05) is 42.5 Å². The quantitative estimate of drug-likeness (QED) is 0.0944. The van der Waals surface area contributed by atoms with Gasteiger partial charge in [0.05, 0.1) is 23.6 Å². The molecule has 0 spiro atoms. The number of carbonyl (C=O) groups excluding carboxylic acids is 3. The van der Waals surface area contributed by atoms with E-state index in [0.717, 1.165) is 59.6 Å². The van der Waals surface area contributed by atoms with Crippen LogP contribution in [0.25, 0.3) is 10.4 Å². The van der Waals surface area contributed by atoms with Gasteiger partial charge < -0.3 is 25.3 Å². The Balaban J connectivity index is 1.33. The number of hydrogen-bond donors (Lipinski definition) is 3. The van der Waals surface area contributed by atoms with E-state index in [2.05, 4.69) is 16.9 Å². The van der Waals surface area contributed by atoms with Crippen LogP contribution in [-0.2, 0) is 35.2 Å². The van der Waals surface area contributed by atoms with Crippen LogP contribution in [0.5, 0.6) is 0 Å². The number of hydrogen-bond acceptors (Lipinski definition) is 10. The van der Waals surface area contributed by atoms with E-state index in [1.165, 1.54) is 0 Å². The summed E-state index contributed by atoms with van der Waals surface area (Å²) in [6.07, 6.45) is 4.90. The Hall–Kier alpha value is -3.42. The van der Waals surface area contributed by atoms with Crippen molar-refractivity contribution in [1.29, 1.82) is 0 Å². The summed E-state index contributed by atoms with van der Waals surface area (Å²) >= 11 is 3.38. The molecule has 3 heterocycles. The zero-order chi connectivity index (χ0) is 34.9. The molecule has 3 aromatic rings. The van der Waals surface area contributed by atoms with Crippen molar-refractivity contribution in [2.24, 2.45) is 0 Å². The van der Waals surface area contributed by atoms with Gasteiger partial charge in [0.25, 0.3) is 0 Å². The van der Waals surface area contributed by atoms with Gasteiger partial charge in [-0.1, -0.05) is 48.9 Å². The number of nitrogens with two attached hydrogens (primary N) is 1. The molecule has 2 aromatic carbocycles. The number of alkyl carbamates (subject to hydrolysis) is 1. The standard InChI is InChI=1S/C37H47N3O7S2/c1-36(2,3)46-35(43)39-28(24-44-23-25-12-5-4-6-13-25)34(42)27-15-11-14-26(33(27)38)29-17-18-30(49-29)37(19-8-10-21-48-37)22-31(41)40-47-32-16-7-9-20-45-32/h4-6,11-15,17-18,28,32H,7-10,16,19-24,38H2,1-3H3,(H,39,43)(H,40,41)/t28-,32?,37+/m1/s1. The first-order valence-electron chi connectivity index (χ1n) is 16.9. The number of nitrogen functional groups attached to an aromatic ring is 1. The lowest BCUT2D eigenvalue weighted by atomic mass is 9.94. The monoisotopic (exact) mass is 709 g/mol. The van der Waals surface area contributed by atoms with Gasteiger partial charge in [-0.05, 0) is 76.0 Å². The first kappa shape index (κ1) is 36.9.